The predicted molar refractivity (Wildman–Crippen MR) is 83.3 cm³/mol. The molecule has 0 radical (unpaired) electrons. The van der Waals surface area contributed by atoms with E-state index in [1.807, 2.05) is 24.3 Å². The van der Waals surface area contributed by atoms with Crippen LogP contribution in [0.1, 0.15) is 21.5 Å². The van der Waals surface area contributed by atoms with Crippen molar-refractivity contribution in [1.82, 2.24) is 5.32 Å². The van der Waals surface area contributed by atoms with Crippen LogP contribution in [0.5, 0.6) is 5.75 Å². The summed E-state index contributed by atoms with van der Waals surface area (Å²) in [4.78, 5) is 11.8. The number of amides is 1. The van der Waals surface area contributed by atoms with Crippen LogP contribution in [-0.4, -0.2) is 12.5 Å². The van der Waals surface area contributed by atoms with E-state index in [0.29, 0.717) is 28.8 Å². The molecule has 0 fully saturated rings. The van der Waals surface area contributed by atoms with E-state index in [4.69, 9.17) is 27.9 Å². The van der Waals surface area contributed by atoms with Gasteiger partial charge in [-0.2, -0.15) is 0 Å². The third kappa shape index (κ3) is 2.99. The lowest BCUT2D eigenvalue weighted by Crippen LogP contribution is -2.32. The van der Waals surface area contributed by atoms with Gasteiger partial charge in [0.25, 0.3) is 5.91 Å². The number of hydrogen-bond acceptors (Lipinski definition) is 2. The fourth-order valence-corrected chi connectivity index (χ4v) is 2.68. The van der Waals surface area contributed by atoms with Gasteiger partial charge in [-0.1, -0.05) is 35.3 Å². The van der Waals surface area contributed by atoms with Gasteiger partial charge in [0.05, 0.1) is 10.0 Å². The lowest BCUT2D eigenvalue weighted by Gasteiger charge is -2.19. The Morgan fingerprint density at radius 2 is 2.00 bits per heavy atom. The van der Waals surface area contributed by atoms with Crippen LogP contribution in [0, 0.1) is 0 Å². The smallest absolute Gasteiger partial charge is 0.251 e. The summed E-state index contributed by atoms with van der Waals surface area (Å²) in [5.41, 5.74) is 2.58. The Labute approximate surface area is 132 Å². The highest BCUT2D eigenvalue weighted by molar-refractivity contribution is 6.42. The van der Waals surface area contributed by atoms with Gasteiger partial charge in [0.2, 0.25) is 0 Å². The molecule has 0 atom stereocenters. The van der Waals surface area contributed by atoms with E-state index in [-0.39, 0.29) is 5.91 Å². The summed E-state index contributed by atoms with van der Waals surface area (Å²) in [5.74, 6) is 0.699. The highest BCUT2D eigenvalue weighted by Crippen LogP contribution is 2.27. The quantitative estimate of drug-likeness (QED) is 0.932. The number of carbonyl (C=O) groups is 1. The lowest BCUT2D eigenvalue weighted by atomic mass is 9.99. The number of carbonyl (C=O) groups excluding carboxylic acids is 1. The van der Waals surface area contributed by atoms with E-state index < -0.39 is 0 Å². The van der Waals surface area contributed by atoms with Crippen LogP contribution >= 0.6 is 23.2 Å². The zero-order chi connectivity index (χ0) is 14.8. The minimum atomic E-state index is -0.0452. The van der Waals surface area contributed by atoms with Gasteiger partial charge in [-0.15, -0.1) is 0 Å². The molecular formula is C16H13Cl2NO2. The van der Waals surface area contributed by atoms with Crippen LogP contribution < -0.4 is 10.1 Å². The molecule has 1 N–H and O–H groups in total. The van der Waals surface area contributed by atoms with Gasteiger partial charge in [0.1, 0.15) is 12.4 Å². The standard InChI is InChI=1S/C16H13Cl2NO2/c17-13-5-4-10(8-14(13)18)9-21-15-3-1-2-12-11(15)6-7-19-16(12)20/h1-5,8H,6-7,9H2,(H,19,20). The minimum Gasteiger partial charge on any atom is -0.489 e. The molecule has 1 aliphatic rings. The maximum atomic E-state index is 11.8. The van der Waals surface area contributed by atoms with Crippen LogP contribution in [0.3, 0.4) is 0 Å². The average molecular weight is 322 g/mol. The van der Waals surface area contributed by atoms with Crippen molar-refractivity contribution in [1.29, 1.82) is 0 Å². The predicted octanol–water partition coefficient (Wildman–Crippen LogP) is 3.86. The Hall–Kier alpha value is -1.71. The number of rotatable bonds is 3. The molecule has 0 aromatic heterocycles. The van der Waals surface area contributed by atoms with Crippen molar-refractivity contribution in [3.63, 3.8) is 0 Å². The van der Waals surface area contributed by atoms with E-state index in [1.54, 1.807) is 12.1 Å². The molecular weight excluding hydrogens is 309 g/mol. The van der Waals surface area contributed by atoms with Gasteiger partial charge in [-0.3, -0.25) is 4.79 Å². The molecule has 3 rings (SSSR count). The summed E-state index contributed by atoms with van der Waals surface area (Å²) in [7, 11) is 0. The number of hydrogen-bond donors (Lipinski definition) is 1. The van der Waals surface area contributed by atoms with Crippen LogP contribution in [0.15, 0.2) is 36.4 Å². The normalized spacial score (nSPS) is 13.5. The summed E-state index contributed by atoms with van der Waals surface area (Å²) in [6.07, 6.45) is 0.776. The average Bonchev–Trinajstić information content (AvgIpc) is 2.49. The molecule has 1 aliphatic heterocycles. The Morgan fingerprint density at radius 3 is 2.81 bits per heavy atom. The molecule has 0 saturated carbocycles. The van der Waals surface area contributed by atoms with Crippen molar-refractivity contribution >= 4 is 29.1 Å². The summed E-state index contributed by atoms with van der Waals surface area (Å²) >= 11 is 11.9. The largest absolute Gasteiger partial charge is 0.489 e. The van der Waals surface area contributed by atoms with Crippen molar-refractivity contribution in [2.45, 2.75) is 13.0 Å². The van der Waals surface area contributed by atoms with Crippen LogP contribution in [-0.2, 0) is 13.0 Å². The fourth-order valence-electron chi connectivity index (χ4n) is 2.36. The van der Waals surface area contributed by atoms with Crippen LogP contribution in [0.4, 0.5) is 0 Å². The molecule has 2 aromatic carbocycles. The third-order valence-corrected chi connectivity index (χ3v) is 4.16. The molecule has 0 bridgehead atoms. The first-order valence-corrected chi connectivity index (χ1v) is 7.37. The summed E-state index contributed by atoms with van der Waals surface area (Å²) in [6, 6.07) is 10.9. The first-order chi connectivity index (χ1) is 10.1. The first-order valence-electron chi connectivity index (χ1n) is 6.62. The summed E-state index contributed by atoms with van der Waals surface area (Å²) in [5, 5.41) is 3.86. The van der Waals surface area contributed by atoms with Crippen molar-refractivity contribution < 1.29 is 9.53 Å². The number of benzene rings is 2. The Kier molecular flexibility index (Phi) is 4.04. The summed E-state index contributed by atoms with van der Waals surface area (Å²) in [6.45, 7) is 1.02. The topological polar surface area (TPSA) is 38.3 Å². The van der Waals surface area contributed by atoms with Crippen molar-refractivity contribution in [2.24, 2.45) is 0 Å². The van der Waals surface area contributed by atoms with Gasteiger partial charge < -0.3 is 10.1 Å². The van der Waals surface area contributed by atoms with Crippen molar-refractivity contribution in [2.75, 3.05) is 6.54 Å². The second-order valence-electron chi connectivity index (χ2n) is 4.83. The van der Waals surface area contributed by atoms with Crippen LogP contribution in [0.25, 0.3) is 0 Å². The van der Waals surface area contributed by atoms with E-state index in [2.05, 4.69) is 5.32 Å². The summed E-state index contributed by atoms with van der Waals surface area (Å²) < 4.78 is 5.85. The highest BCUT2D eigenvalue weighted by Gasteiger charge is 2.19. The van der Waals surface area contributed by atoms with E-state index in [1.165, 1.54) is 0 Å². The molecule has 1 amide bonds. The molecule has 5 heteroatoms. The number of ether oxygens (including phenoxy) is 1. The number of fused-ring (bicyclic) bond motifs is 1. The second kappa shape index (κ2) is 5.96. The first kappa shape index (κ1) is 14.2. The molecule has 21 heavy (non-hydrogen) atoms. The third-order valence-electron chi connectivity index (χ3n) is 3.42. The molecule has 0 unspecified atom stereocenters. The van der Waals surface area contributed by atoms with E-state index in [0.717, 1.165) is 23.3 Å². The molecule has 0 saturated heterocycles. The zero-order valence-electron chi connectivity index (χ0n) is 11.2. The van der Waals surface area contributed by atoms with Crippen LogP contribution in [0.2, 0.25) is 10.0 Å². The molecule has 2 aromatic rings. The lowest BCUT2D eigenvalue weighted by molar-refractivity contribution is 0.0945. The Balaban J connectivity index is 1.81. The molecule has 1 heterocycles. The SMILES string of the molecule is O=C1NCCc2c(OCc3ccc(Cl)c(Cl)c3)cccc21. The van der Waals surface area contributed by atoms with Gasteiger partial charge in [0, 0.05) is 17.7 Å². The minimum absolute atomic E-state index is 0.0452. The van der Waals surface area contributed by atoms with Gasteiger partial charge >= 0.3 is 0 Å². The van der Waals surface area contributed by atoms with Gasteiger partial charge in [-0.05, 0) is 36.2 Å². The van der Waals surface area contributed by atoms with Crippen molar-refractivity contribution in [3.8, 4) is 5.75 Å². The molecule has 0 aliphatic carbocycles. The molecule has 0 spiro atoms. The second-order valence-corrected chi connectivity index (χ2v) is 5.64. The number of nitrogens with one attached hydrogen (secondary N) is 1. The van der Waals surface area contributed by atoms with Gasteiger partial charge in [0.15, 0.2) is 0 Å². The Bertz CT molecular complexity index is 701. The van der Waals surface area contributed by atoms with Crippen molar-refractivity contribution in [3.05, 3.63) is 63.1 Å². The fraction of sp³-hybridized carbons (Fsp3) is 0.188. The highest BCUT2D eigenvalue weighted by atomic mass is 35.5. The van der Waals surface area contributed by atoms with Gasteiger partial charge in [-0.25, -0.2) is 0 Å². The molecule has 108 valence electrons. The molecule has 3 nitrogen and oxygen atoms in total. The van der Waals surface area contributed by atoms with E-state index >= 15 is 0 Å². The zero-order valence-corrected chi connectivity index (χ0v) is 12.7. The maximum absolute atomic E-state index is 11.8. The maximum Gasteiger partial charge on any atom is 0.251 e. The number of halogens is 2. The monoisotopic (exact) mass is 321 g/mol. The Morgan fingerprint density at radius 1 is 1.14 bits per heavy atom. The van der Waals surface area contributed by atoms with E-state index in [9.17, 15) is 4.79 Å².